The summed E-state index contributed by atoms with van der Waals surface area (Å²) in [6, 6.07) is 11.7. The van der Waals surface area contributed by atoms with Crippen LogP contribution in [0.15, 0.2) is 40.9 Å². The van der Waals surface area contributed by atoms with Gasteiger partial charge in [-0.25, -0.2) is 0 Å². The molecule has 0 radical (unpaired) electrons. The number of aryl methyl sites for hydroxylation is 2. The molecule has 0 amide bonds. The van der Waals surface area contributed by atoms with Crippen LogP contribution in [-0.4, -0.2) is 18.2 Å². The summed E-state index contributed by atoms with van der Waals surface area (Å²) >= 11 is 8.39. The molecule has 0 saturated carbocycles. The molecule has 0 aliphatic rings. The number of hydrogen-bond acceptors (Lipinski definition) is 3. The van der Waals surface area contributed by atoms with E-state index in [9.17, 15) is 0 Å². The lowest BCUT2D eigenvalue weighted by atomic mass is 10.1. The van der Waals surface area contributed by atoms with Crippen LogP contribution in [0.1, 0.15) is 16.7 Å². The molecule has 0 aliphatic carbocycles. The van der Waals surface area contributed by atoms with Gasteiger partial charge in [-0.15, -0.1) is 0 Å². The average Bonchev–Trinajstić information content (AvgIpc) is 2.46. The molecule has 0 atom stereocenters. The molecular formula is C17H18BrNO2S. The Bertz CT molecular complexity index is 688. The van der Waals surface area contributed by atoms with Crippen molar-refractivity contribution < 1.29 is 9.47 Å². The first-order chi connectivity index (χ1) is 10.5. The molecule has 0 unspecified atom stereocenters. The second-order valence-corrected chi connectivity index (χ2v) is 6.27. The fourth-order valence-corrected chi connectivity index (χ4v) is 2.66. The Morgan fingerprint density at radius 1 is 1.05 bits per heavy atom. The van der Waals surface area contributed by atoms with Gasteiger partial charge in [0.1, 0.15) is 29.7 Å². The molecule has 22 heavy (non-hydrogen) atoms. The molecule has 5 heteroatoms. The Kier molecular flexibility index (Phi) is 5.80. The lowest BCUT2D eigenvalue weighted by molar-refractivity contribution is 0.215. The Morgan fingerprint density at radius 2 is 1.68 bits per heavy atom. The molecule has 2 rings (SSSR count). The van der Waals surface area contributed by atoms with Gasteiger partial charge in [-0.2, -0.15) is 0 Å². The van der Waals surface area contributed by atoms with Crippen molar-refractivity contribution >= 4 is 33.1 Å². The summed E-state index contributed by atoms with van der Waals surface area (Å²) in [6.45, 7) is 5.04. The topological polar surface area (TPSA) is 44.5 Å². The van der Waals surface area contributed by atoms with Gasteiger partial charge in [0.05, 0.1) is 4.47 Å². The first-order valence-electron chi connectivity index (χ1n) is 6.89. The third-order valence-electron chi connectivity index (χ3n) is 3.15. The van der Waals surface area contributed by atoms with Gasteiger partial charge >= 0.3 is 0 Å². The lowest BCUT2D eigenvalue weighted by Gasteiger charge is -2.12. The Labute approximate surface area is 144 Å². The van der Waals surface area contributed by atoms with E-state index in [1.165, 1.54) is 5.56 Å². The Hall–Kier alpha value is -1.59. The van der Waals surface area contributed by atoms with E-state index >= 15 is 0 Å². The summed E-state index contributed by atoms with van der Waals surface area (Å²) < 4.78 is 12.3. The van der Waals surface area contributed by atoms with Crippen molar-refractivity contribution in [1.29, 1.82) is 0 Å². The normalized spacial score (nSPS) is 10.3. The zero-order valence-corrected chi connectivity index (χ0v) is 15.0. The second kappa shape index (κ2) is 7.61. The molecule has 0 saturated heterocycles. The molecule has 0 spiro atoms. The highest BCUT2D eigenvalue weighted by atomic mass is 79.9. The van der Waals surface area contributed by atoms with E-state index in [0.717, 1.165) is 27.1 Å². The highest BCUT2D eigenvalue weighted by molar-refractivity contribution is 9.10. The Balaban J connectivity index is 1.87. The molecule has 0 fully saturated rings. The smallest absolute Gasteiger partial charge is 0.133 e. The number of rotatable bonds is 6. The van der Waals surface area contributed by atoms with Gasteiger partial charge in [-0.05, 0) is 59.6 Å². The third-order valence-corrected chi connectivity index (χ3v) is 4.00. The minimum absolute atomic E-state index is 0.366. The molecule has 0 heterocycles. The van der Waals surface area contributed by atoms with Crippen molar-refractivity contribution in [3.8, 4) is 11.5 Å². The van der Waals surface area contributed by atoms with Crippen molar-refractivity contribution in [3.63, 3.8) is 0 Å². The van der Waals surface area contributed by atoms with Crippen LogP contribution in [0.5, 0.6) is 11.5 Å². The number of ether oxygens (including phenoxy) is 2. The van der Waals surface area contributed by atoms with Gasteiger partial charge in [-0.1, -0.05) is 29.9 Å². The average molecular weight is 380 g/mol. The van der Waals surface area contributed by atoms with Crippen LogP contribution in [0.25, 0.3) is 0 Å². The van der Waals surface area contributed by atoms with E-state index in [1.54, 1.807) is 0 Å². The monoisotopic (exact) mass is 379 g/mol. The molecule has 2 N–H and O–H groups in total. The maximum atomic E-state index is 5.73. The fraction of sp³-hybridized carbons (Fsp3) is 0.235. The quantitative estimate of drug-likeness (QED) is 0.604. The van der Waals surface area contributed by atoms with Gasteiger partial charge in [0.15, 0.2) is 0 Å². The van der Waals surface area contributed by atoms with Crippen LogP contribution >= 0.6 is 28.1 Å². The lowest BCUT2D eigenvalue weighted by Crippen LogP contribution is -2.11. The van der Waals surface area contributed by atoms with Gasteiger partial charge in [0, 0.05) is 5.56 Å². The fourth-order valence-electron chi connectivity index (χ4n) is 2.04. The van der Waals surface area contributed by atoms with E-state index < -0.39 is 0 Å². The van der Waals surface area contributed by atoms with Crippen molar-refractivity contribution in [3.05, 3.63) is 57.6 Å². The minimum atomic E-state index is 0.366. The van der Waals surface area contributed by atoms with Crippen molar-refractivity contribution in [2.45, 2.75) is 13.8 Å². The van der Waals surface area contributed by atoms with E-state index in [-0.39, 0.29) is 0 Å². The predicted molar refractivity (Wildman–Crippen MR) is 96.9 cm³/mol. The number of benzene rings is 2. The van der Waals surface area contributed by atoms with Crippen molar-refractivity contribution in [1.82, 2.24) is 0 Å². The van der Waals surface area contributed by atoms with Crippen molar-refractivity contribution in [2.24, 2.45) is 5.73 Å². The highest BCUT2D eigenvalue weighted by Gasteiger charge is 2.05. The summed E-state index contributed by atoms with van der Waals surface area (Å²) in [4.78, 5) is 0.366. The van der Waals surface area contributed by atoms with Crippen LogP contribution in [0.3, 0.4) is 0 Å². The second-order valence-electron chi connectivity index (χ2n) is 4.98. The first-order valence-corrected chi connectivity index (χ1v) is 8.09. The summed E-state index contributed by atoms with van der Waals surface area (Å²) in [5, 5.41) is 0. The summed E-state index contributed by atoms with van der Waals surface area (Å²) in [6.07, 6.45) is 0. The summed E-state index contributed by atoms with van der Waals surface area (Å²) in [5.74, 6) is 1.63. The minimum Gasteiger partial charge on any atom is -0.490 e. The molecule has 0 bridgehead atoms. The third kappa shape index (κ3) is 4.45. The van der Waals surface area contributed by atoms with E-state index in [4.69, 9.17) is 27.4 Å². The van der Waals surface area contributed by atoms with E-state index in [2.05, 4.69) is 28.9 Å². The molecule has 0 aliphatic heterocycles. The molecule has 116 valence electrons. The van der Waals surface area contributed by atoms with Gasteiger partial charge in [-0.3, -0.25) is 0 Å². The van der Waals surface area contributed by atoms with Gasteiger partial charge in [0.25, 0.3) is 0 Å². The largest absolute Gasteiger partial charge is 0.490 e. The number of thiocarbonyl (C=S) groups is 1. The summed E-state index contributed by atoms with van der Waals surface area (Å²) in [7, 11) is 0. The van der Waals surface area contributed by atoms with Crippen LogP contribution in [0.4, 0.5) is 0 Å². The maximum Gasteiger partial charge on any atom is 0.133 e. The number of nitrogens with two attached hydrogens (primary N) is 1. The Morgan fingerprint density at radius 3 is 2.27 bits per heavy atom. The number of hydrogen-bond donors (Lipinski definition) is 1. The molecule has 3 nitrogen and oxygen atoms in total. The van der Waals surface area contributed by atoms with E-state index in [1.807, 2.05) is 37.3 Å². The zero-order valence-electron chi connectivity index (χ0n) is 12.6. The van der Waals surface area contributed by atoms with Crippen molar-refractivity contribution in [2.75, 3.05) is 13.2 Å². The van der Waals surface area contributed by atoms with Gasteiger partial charge in [0.2, 0.25) is 0 Å². The molecular weight excluding hydrogens is 362 g/mol. The summed E-state index contributed by atoms with van der Waals surface area (Å²) in [5.41, 5.74) is 8.75. The predicted octanol–water partition coefficient (Wildman–Crippen LogP) is 4.16. The first kappa shape index (κ1) is 16.8. The van der Waals surface area contributed by atoms with Crippen LogP contribution in [-0.2, 0) is 0 Å². The highest BCUT2D eigenvalue weighted by Crippen LogP contribution is 2.26. The van der Waals surface area contributed by atoms with Crippen LogP contribution < -0.4 is 15.2 Å². The molecule has 2 aromatic rings. The SMILES string of the molecule is Cc1ccc(OCCOc2ccc(C(N)=S)cc2Br)c(C)c1. The van der Waals surface area contributed by atoms with Crippen LogP contribution in [0, 0.1) is 13.8 Å². The van der Waals surface area contributed by atoms with Gasteiger partial charge < -0.3 is 15.2 Å². The zero-order chi connectivity index (χ0) is 16.1. The molecule has 2 aromatic carbocycles. The maximum absolute atomic E-state index is 5.73. The van der Waals surface area contributed by atoms with E-state index in [0.29, 0.717) is 18.2 Å². The van der Waals surface area contributed by atoms with Crippen LogP contribution in [0.2, 0.25) is 0 Å². The number of halogens is 1. The standard InChI is InChI=1S/C17H18BrNO2S/c1-11-3-5-15(12(2)9-11)20-7-8-21-16-6-4-13(17(19)22)10-14(16)18/h3-6,9-10H,7-8H2,1-2H3,(H2,19,22). The molecule has 0 aromatic heterocycles.